The third-order valence-corrected chi connectivity index (χ3v) is 1.67. The van der Waals surface area contributed by atoms with Gasteiger partial charge in [0.15, 0.2) is 0 Å². The summed E-state index contributed by atoms with van der Waals surface area (Å²) >= 11 is 0. The molecule has 0 bridgehead atoms. The SMILES string of the molecule is CC(=O)OCCCC1COCO1. The lowest BCUT2D eigenvalue weighted by Gasteiger charge is -2.06. The van der Waals surface area contributed by atoms with Crippen molar-refractivity contribution in [1.82, 2.24) is 0 Å². The van der Waals surface area contributed by atoms with E-state index in [0.29, 0.717) is 20.0 Å². The first kappa shape index (κ1) is 9.48. The molecule has 0 N–H and O–H groups in total. The fourth-order valence-electron chi connectivity index (χ4n) is 1.07. The summed E-state index contributed by atoms with van der Waals surface area (Å²) < 4.78 is 15.0. The minimum Gasteiger partial charge on any atom is -0.466 e. The first-order valence-corrected chi connectivity index (χ1v) is 4.12. The lowest BCUT2D eigenvalue weighted by atomic mass is 10.2. The van der Waals surface area contributed by atoms with Crippen molar-refractivity contribution >= 4 is 5.97 Å². The standard InChI is InChI=1S/C8H14O4/c1-7(9)11-4-2-3-8-5-10-6-12-8/h8H,2-6H2,1H3. The molecule has 1 rings (SSSR count). The summed E-state index contributed by atoms with van der Waals surface area (Å²) in [6.07, 6.45) is 1.93. The second-order valence-electron chi connectivity index (χ2n) is 2.76. The average molecular weight is 174 g/mol. The van der Waals surface area contributed by atoms with E-state index in [4.69, 9.17) is 14.2 Å². The molecular weight excluding hydrogens is 160 g/mol. The van der Waals surface area contributed by atoms with E-state index in [-0.39, 0.29) is 12.1 Å². The molecular formula is C8H14O4. The van der Waals surface area contributed by atoms with Crippen LogP contribution in [-0.2, 0) is 19.0 Å². The molecule has 0 aromatic rings. The Morgan fingerprint density at radius 3 is 3.08 bits per heavy atom. The smallest absolute Gasteiger partial charge is 0.302 e. The number of carbonyl (C=O) groups is 1. The van der Waals surface area contributed by atoms with Crippen molar-refractivity contribution in [3.05, 3.63) is 0 Å². The van der Waals surface area contributed by atoms with E-state index in [2.05, 4.69) is 0 Å². The molecule has 1 saturated heterocycles. The lowest BCUT2D eigenvalue weighted by molar-refractivity contribution is -0.141. The molecule has 1 fully saturated rings. The predicted molar refractivity (Wildman–Crippen MR) is 41.6 cm³/mol. The van der Waals surface area contributed by atoms with Gasteiger partial charge < -0.3 is 14.2 Å². The highest BCUT2D eigenvalue weighted by molar-refractivity contribution is 5.65. The highest BCUT2D eigenvalue weighted by atomic mass is 16.7. The Morgan fingerprint density at radius 1 is 1.67 bits per heavy atom. The Hall–Kier alpha value is -0.610. The zero-order valence-electron chi connectivity index (χ0n) is 7.25. The van der Waals surface area contributed by atoms with Gasteiger partial charge in [-0.15, -0.1) is 0 Å². The van der Waals surface area contributed by atoms with E-state index in [0.717, 1.165) is 12.8 Å². The molecule has 1 atom stereocenters. The number of rotatable bonds is 4. The molecule has 70 valence electrons. The summed E-state index contributed by atoms with van der Waals surface area (Å²) in [7, 11) is 0. The fourth-order valence-corrected chi connectivity index (χ4v) is 1.07. The maximum Gasteiger partial charge on any atom is 0.302 e. The third-order valence-electron chi connectivity index (χ3n) is 1.67. The molecule has 4 heteroatoms. The monoisotopic (exact) mass is 174 g/mol. The summed E-state index contributed by atoms with van der Waals surface area (Å²) in [6.45, 7) is 2.96. The summed E-state index contributed by atoms with van der Waals surface area (Å²) in [4.78, 5) is 10.4. The van der Waals surface area contributed by atoms with Crippen molar-refractivity contribution in [3.63, 3.8) is 0 Å². The van der Waals surface area contributed by atoms with Crippen LogP contribution in [0.25, 0.3) is 0 Å². The molecule has 12 heavy (non-hydrogen) atoms. The van der Waals surface area contributed by atoms with Crippen LogP contribution in [0.4, 0.5) is 0 Å². The Labute approximate surface area is 71.8 Å². The zero-order chi connectivity index (χ0) is 8.81. The molecule has 0 amide bonds. The Balaban J connectivity index is 1.91. The maximum atomic E-state index is 10.4. The Kier molecular flexibility index (Phi) is 4.04. The van der Waals surface area contributed by atoms with E-state index >= 15 is 0 Å². The summed E-state index contributed by atoms with van der Waals surface area (Å²) in [6, 6.07) is 0. The molecule has 1 aliphatic heterocycles. The van der Waals surface area contributed by atoms with E-state index in [1.165, 1.54) is 6.92 Å². The largest absolute Gasteiger partial charge is 0.466 e. The third kappa shape index (κ3) is 3.69. The van der Waals surface area contributed by atoms with Crippen molar-refractivity contribution in [3.8, 4) is 0 Å². The van der Waals surface area contributed by atoms with Crippen LogP contribution in [0.5, 0.6) is 0 Å². The minimum atomic E-state index is -0.224. The quantitative estimate of drug-likeness (QED) is 0.465. The van der Waals surface area contributed by atoms with Gasteiger partial charge in [0, 0.05) is 6.92 Å². The van der Waals surface area contributed by atoms with Crippen LogP contribution >= 0.6 is 0 Å². The second-order valence-corrected chi connectivity index (χ2v) is 2.76. The Bertz CT molecular complexity index is 140. The van der Waals surface area contributed by atoms with Crippen molar-refractivity contribution in [2.24, 2.45) is 0 Å². The molecule has 1 unspecified atom stereocenters. The van der Waals surface area contributed by atoms with E-state index in [1.807, 2.05) is 0 Å². The van der Waals surface area contributed by atoms with E-state index < -0.39 is 0 Å². The summed E-state index contributed by atoms with van der Waals surface area (Å²) in [5.74, 6) is -0.224. The number of hydrogen-bond acceptors (Lipinski definition) is 4. The van der Waals surface area contributed by atoms with Crippen LogP contribution in [0, 0.1) is 0 Å². The van der Waals surface area contributed by atoms with Crippen molar-refractivity contribution in [2.45, 2.75) is 25.9 Å². The van der Waals surface area contributed by atoms with Gasteiger partial charge in [0.05, 0.1) is 19.3 Å². The Morgan fingerprint density at radius 2 is 2.50 bits per heavy atom. The van der Waals surface area contributed by atoms with Crippen LogP contribution in [-0.4, -0.2) is 32.1 Å². The van der Waals surface area contributed by atoms with Crippen LogP contribution in [0.2, 0.25) is 0 Å². The molecule has 0 aromatic carbocycles. The molecule has 1 heterocycles. The van der Waals surface area contributed by atoms with Crippen molar-refractivity contribution in [1.29, 1.82) is 0 Å². The van der Waals surface area contributed by atoms with Gasteiger partial charge in [0.25, 0.3) is 0 Å². The van der Waals surface area contributed by atoms with Gasteiger partial charge in [0.1, 0.15) is 6.79 Å². The van der Waals surface area contributed by atoms with Crippen LogP contribution in [0.15, 0.2) is 0 Å². The molecule has 1 aliphatic rings. The maximum absolute atomic E-state index is 10.4. The molecule has 0 radical (unpaired) electrons. The highest BCUT2D eigenvalue weighted by Crippen LogP contribution is 2.09. The number of esters is 1. The first-order valence-electron chi connectivity index (χ1n) is 4.12. The van der Waals surface area contributed by atoms with Gasteiger partial charge in [0.2, 0.25) is 0 Å². The van der Waals surface area contributed by atoms with Gasteiger partial charge in [-0.1, -0.05) is 0 Å². The fraction of sp³-hybridized carbons (Fsp3) is 0.875. The normalized spacial score (nSPS) is 22.6. The van der Waals surface area contributed by atoms with Crippen molar-refractivity contribution in [2.75, 3.05) is 20.0 Å². The summed E-state index contributed by atoms with van der Waals surface area (Å²) in [5, 5.41) is 0. The molecule has 0 aromatic heterocycles. The van der Waals surface area contributed by atoms with Crippen LogP contribution < -0.4 is 0 Å². The number of hydrogen-bond donors (Lipinski definition) is 0. The summed E-state index contributed by atoms with van der Waals surface area (Å²) in [5.41, 5.74) is 0. The molecule has 0 aliphatic carbocycles. The van der Waals surface area contributed by atoms with Gasteiger partial charge in [-0.3, -0.25) is 4.79 Å². The van der Waals surface area contributed by atoms with E-state index in [9.17, 15) is 4.79 Å². The number of carbonyl (C=O) groups excluding carboxylic acids is 1. The lowest BCUT2D eigenvalue weighted by Crippen LogP contribution is -2.11. The molecule has 4 nitrogen and oxygen atoms in total. The first-order chi connectivity index (χ1) is 5.79. The molecule has 0 saturated carbocycles. The van der Waals surface area contributed by atoms with Crippen LogP contribution in [0.1, 0.15) is 19.8 Å². The topological polar surface area (TPSA) is 44.8 Å². The second kappa shape index (κ2) is 5.11. The number of ether oxygens (including phenoxy) is 3. The average Bonchev–Trinajstić information content (AvgIpc) is 2.49. The predicted octanol–water partition coefficient (Wildman–Crippen LogP) is 0.703. The minimum absolute atomic E-state index is 0.195. The van der Waals surface area contributed by atoms with Crippen LogP contribution in [0.3, 0.4) is 0 Å². The van der Waals surface area contributed by atoms with Gasteiger partial charge in [-0.25, -0.2) is 0 Å². The van der Waals surface area contributed by atoms with Gasteiger partial charge in [-0.05, 0) is 12.8 Å². The zero-order valence-corrected chi connectivity index (χ0v) is 7.25. The van der Waals surface area contributed by atoms with E-state index in [1.54, 1.807) is 0 Å². The van der Waals surface area contributed by atoms with Gasteiger partial charge in [-0.2, -0.15) is 0 Å². The van der Waals surface area contributed by atoms with Gasteiger partial charge >= 0.3 is 5.97 Å². The molecule has 0 spiro atoms. The van der Waals surface area contributed by atoms with Crippen molar-refractivity contribution < 1.29 is 19.0 Å². The highest BCUT2D eigenvalue weighted by Gasteiger charge is 2.14.